The summed E-state index contributed by atoms with van der Waals surface area (Å²) >= 11 is 0. The maximum absolute atomic E-state index is 13.3. The largest absolute Gasteiger partial charge is 0.444 e. The summed E-state index contributed by atoms with van der Waals surface area (Å²) in [5, 5.41) is 14.7. The van der Waals surface area contributed by atoms with Crippen molar-refractivity contribution in [1.82, 2.24) is 19.7 Å². The van der Waals surface area contributed by atoms with Crippen molar-refractivity contribution in [3.05, 3.63) is 46.2 Å². The molecule has 208 valence electrons. The number of hydrogen-bond donors (Lipinski definition) is 2. The number of nitrogens with one attached hydrogen (secondary N) is 1. The van der Waals surface area contributed by atoms with Crippen LogP contribution in [0.5, 0.6) is 0 Å². The molecule has 0 radical (unpaired) electrons. The third kappa shape index (κ3) is 6.21. The minimum Gasteiger partial charge on any atom is -0.444 e. The van der Waals surface area contributed by atoms with E-state index in [1.165, 1.54) is 4.90 Å². The number of likely N-dealkylation sites (N-methyl/N-ethyl adjacent to an activating group) is 1. The Kier molecular flexibility index (Phi) is 8.18. The highest BCUT2D eigenvalue weighted by Crippen LogP contribution is 2.36. The summed E-state index contributed by atoms with van der Waals surface area (Å²) in [6, 6.07) is 9.72. The number of amides is 2. The molecular weight excluding hydrogens is 484 g/mol. The fraction of sp³-hybridized carbons (Fsp3) is 0.621. The van der Waals surface area contributed by atoms with Crippen molar-refractivity contribution in [2.24, 2.45) is 0 Å². The highest BCUT2D eigenvalue weighted by molar-refractivity contribution is 5.97. The predicted molar refractivity (Wildman–Crippen MR) is 147 cm³/mol. The first kappa shape index (κ1) is 28.1. The molecule has 1 aromatic carbocycles. The fourth-order valence-corrected chi connectivity index (χ4v) is 5.95. The molecule has 2 fully saturated rings. The van der Waals surface area contributed by atoms with Crippen LogP contribution in [0, 0.1) is 0 Å². The van der Waals surface area contributed by atoms with Crippen molar-refractivity contribution in [3.8, 4) is 0 Å². The molecule has 2 aliphatic heterocycles. The smallest absolute Gasteiger partial charge is 0.410 e. The van der Waals surface area contributed by atoms with Crippen LogP contribution in [0.1, 0.15) is 76.7 Å². The van der Waals surface area contributed by atoms with Crippen LogP contribution in [0.15, 0.2) is 35.1 Å². The van der Waals surface area contributed by atoms with E-state index in [1.54, 1.807) is 17.7 Å². The number of nitrogens with zero attached hydrogens (tertiary/aromatic N) is 3. The minimum atomic E-state index is -0.700. The van der Waals surface area contributed by atoms with Crippen LogP contribution in [0.2, 0.25) is 0 Å². The number of carbonyl (C=O) groups excluding carboxylic acids is 2. The van der Waals surface area contributed by atoms with Crippen molar-refractivity contribution >= 4 is 22.9 Å². The van der Waals surface area contributed by atoms with Gasteiger partial charge in [-0.25, -0.2) is 4.79 Å². The second-order valence-electron chi connectivity index (χ2n) is 12.1. The second-order valence-corrected chi connectivity index (χ2v) is 12.1. The Morgan fingerprint density at radius 2 is 1.79 bits per heavy atom. The first-order valence-corrected chi connectivity index (χ1v) is 13.7. The van der Waals surface area contributed by atoms with Crippen LogP contribution < -0.4 is 10.9 Å². The van der Waals surface area contributed by atoms with Gasteiger partial charge >= 0.3 is 6.09 Å². The number of hydrogen-bond acceptors (Lipinski definition) is 6. The van der Waals surface area contributed by atoms with Crippen LogP contribution in [0.3, 0.4) is 0 Å². The molecule has 0 unspecified atom stereocenters. The summed E-state index contributed by atoms with van der Waals surface area (Å²) in [4.78, 5) is 42.6. The number of piperidine rings is 1. The van der Waals surface area contributed by atoms with Gasteiger partial charge in [-0.05, 0) is 77.8 Å². The number of aliphatic hydroxyl groups excluding tert-OH is 1. The Hall–Kier alpha value is -2.91. The molecule has 0 saturated carbocycles. The van der Waals surface area contributed by atoms with E-state index in [1.807, 2.05) is 58.9 Å². The van der Waals surface area contributed by atoms with E-state index < -0.39 is 17.8 Å². The summed E-state index contributed by atoms with van der Waals surface area (Å²) in [7, 11) is 1.63. The Morgan fingerprint density at radius 1 is 1.16 bits per heavy atom. The number of pyridine rings is 1. The van der Waals surface area contributed by atoms with Crippen LogP contribution >= 0.6 is 0 Å². The van der Waals surface area contributed by atoms with Crippen LogP contribution in [-0.4, -0.2) is 81.4 Å². The Balaban J connectivity index is 1.38. The van der Waals surface area contributed by atoms with E-state index in [0.717, 1.165) is 36.6 Å². The highest BCUT2D eigenvalue weighted by Gasteiger charge is 2.42. The fourth-order valence-electron chi connectivity index (χ4n) is 5.95. The van der Waals surface area contributed by atoms with Gasteiger partial charge in [0.15, 0.2) is 0 Å². The minimum absolute atomic E-state index is 0.0313. The van der Waals surface area contributed by atoms with Gasteiger partial charge in [-0.1, -0.05) is 18.2 Å². The zero-order chi connectivity index (χ0) is 27.8. The maximum Gasteiger partial charge on any atom is 0.410 e. The summed E-state index contributed by atoms with van der Waals surface area (Å²) in [5.74, 6) is -0.327. The van der Waals surface area contributed by atoms with Gasteiger partial charge in [-0.15, -0.1) is 0 Å². The number of carbonyl (C=O) groups is 2. The van der Waals surface area contributed by atoms with Crippen molar-refractivity contribution in [2.45, 2.75) is 96.2 Å². The molecule has 2 amide bonds. The van der Waals surface area contributed by atoms with E-state index in [9.17, 15) is 19.5 Å². The van der Waals surface area contributed by atoms with E-state index in [0.29, 0.717) is 6.54 Å². The van der Waals surface area contributed by atoms with Crippen molar-refractivity contribution in [2.75, 3.05) is 20.1 Å². The molecule has 9 heteroatoms. The first-order valence-electron chi connectivity index (χ1n) is 13.7. The van der Waals surface area contributed by atoms with Crippen LogP contribution in [0.25, 0.3) is 10.9 Å². The molecule has 0 aliphatic carbocycles. The topological polar surface area (TPSA) is 104 Å². The predicted octanol–water partition coefficient (Wildman–Crippen LogP) is 3.54. The molecule has 1 aromatic heterocycles. The average Bonchev–Trinajstić information content (AvgIpc) is 3.04. The molecule has 9 nitrogen and oxygen atoms in total. The molecule has 2 saturated heterocycles. The molecule has 2 bridgehead atoms. The molecule has 3 heterocycles. The lowest BCUT2D eigenvalue weighted by Crippen LogP contribution is -2.53. The number of rotatable bonds is 7. The summed E-state index contributed by atoms with van der Waals surface area (Å²) < 4.78 is 7.07. The highest BCUT2D eigenvalue weighted by atomic mass is 16.6. The number of aliphatic hydroxyl groups is 1. The quantitative estimate of drug-likeness (QED) is 0.572. The lowest BCUT2D eigenvalue weighted by Gasteiger charge is -2.40. The monoisotopic (exact) mass is 526 g/mol. The van der Waals surface area contributed by atoms with Gasteiger partial charge in [0, 0.05) is 37.8 Å². The number of aromatic nitrogens is 1. The van der Waals surface area contributed by atoms with E-state index in [2.05, 4.69) is 10.2 Å². The average molecular weight is 527 g/mol. The number of para-hydroxylation sites is 1. The SMILES string of the molecule is CC(C)n1c(=O)c(C(=O)N[C@@H]2C[C@H]3CC[C@@H](C2)N3C[C@H](O)CN(C)C(=O)OC(C)(C)C)cc2ccccc21. The first-order chi connectivity index (χ1) is 17.8. The zero-order valence-electron chi connectivity index (χ0n) is 23.4. The van der Waals surface area contributed by atoms with Crippen molar-refractivity contribution in [3.63, 3.8) is 0 Å². The van der Waals surface area contributed by atoms with E-state index in [-0.39, 0.29) is 47.7 Å². The third-order valence-electron chi connectivity index (χ3n) is 7.54. The van der Waals surface area contributed by atoms with Crippen LogP contribution in [-0.2, 0) is 4.74 Å². The van der Waals surface area contributed by atoms with E-state index in [4.69, 9.17) is 4.74 Å². The molecule has 2 N–H and O–H groups in total. The van der Waals surface area contributed by atoms with E-state index >= 15 is 0 Å². The third-order valence-corrected chi connectivity index (χ3v) is 7.54. The van der Waals surface area contributed by atoms with Gasteiger partial charge in [0.1, 0.15) is 11.2 Å². The van der Waals surface area contributed by atoms with Crippen molar-refractivity contribution < 1.29 is 19.4 Å². The molecule has 4 rings (SSSR count). The summed E-state index contributed by atoms with van der Waals surface area (Å²) in [5.41, 5.74) is 0.143. The van der Waals surface area contributed by atoms with Crippen LogP contribution in [0.4, 0.5) is 4.79 Å². The molecule has 2 aliphatic rings. The number of ether oxygens (including phenoxy) is 1. The molecular formula is C29H42N4O5. The van der Waals surface area contributed by atoms with Gasteiger partial charge in [0.05, 0.1) is 18.2 Å². The van der Waals surface area contributed by atoms with Gasteiger partial charge in [0.25, 0.3) is 11.5 Å². The zero-order valence-corrected chi connectivity index (χ0v) is 23.4. The standard InChI is InChI=1S/C29H42N4O5/c1-18(2)33-25-10-8-7-9-19(25)13-24(27(33)36)26(35)30-20-14-21-11-12-22(15-20)32(21)17-23(34)16-31(6)28(37)38-29(3,4)5/h7-10,13,18,20-23,34H,11-12,14-17H2,1-6H3,(H,30,35)/t20-,21-,22+,23-/m1/s1. The lowest BCUT2D eigenvalue weighted by atomic mass is 9.96. The molecule has 4 atom stereocenters. The Labute approximate surface area is 224 Å². The van der Waals surface area contributed by atoms with Gasteiger partial charge in [-0.2, -0.15) is 0 Å². The Morgan fingerprint density at radius 3 is 2.39 bits per heavy atom. The lowest BCUT2D eigenvalue weighted by molar-refractivity contribution is 0.00914. The summed E-state index contributed by atoms with van der Waals surface area (Å²) in [6.45, 7) is 9.99. The van der Waals surface area contributed by atoms with Gasteiger partial charge in [0.2, 0.25) is 0 Å². The van der Waals surface area contributed by atoms with Gasteiger partial charge in [-0.3, -0.25) is 14.5 Å². The number of fused-ring (bicyclic) bond motifs is 3. The Bertz CT molecular complexity index is 1220. The molecule has 38 heavy (non-hydrogen) atoms. The normalized spacial score (nSPS) is 22.5. The maximum atomic E-state index is 13.3. The molecule has 2 aromatic rings. The van der Waals surface area contributed by atoms with Crippen molar-refractivity contribution in [1.29, 1.82) is 0 Å². The summed E-state index contributed by atoms with van der Waals surface area (Å²) in [6.07, 6.45) is 2.38. The van der Waals surface area contributed by atoms with Gasteiger partial charge < -0.3 is 24.6 Å². The second kappa shape index (κ2) is 11.1. The number of benzene rings is 1. The molecule has 0 spiro atoms.